The molecule has 0 aliphatic rings. The van der Waals surface area contributed by atoms with Crippen molar-refractivity contribution in [3.8, 4) is 0 Å². The van der Waals surface area contributed by atoms with Crippen LogP contribution in [0.3, 0.4) is 0 Å². The van der Waals surface area contributed by atoms with Crippen LogP contribution in [0.25, 0.3) is 0 Å². The Hall–Kier alpha value is -1.25. The Morgan fingerprint density at radius 2 is 2.00 bits per heavy atom. The van der Waals surface area contributed by atoms with Gasteiger partial charge in [-0.15, -0.1) is 0 Å². The molecule has 0 saturated carbocycles. The molecule has 19 heavy (non-hydrogen) atoms. The van der Waals surface area contributed by atoms with Crippen LogP contribution in [0.5, 0.6) is 0 Å². The zero-order valence-corrected chi connectivity index (χ0v) is 12.0. The van der Waals surface area contributed by atoms with Gasteiger partial charge in [0.25, 0.3) is 0 Å². The van der Waals surface area contributed by atoms with E-state index in [0.717, 1.165) is 12.0 Å². The second-order valence-electron chi connectivity index (χ2n) is 4.29. The summed E-state index contributed by atoms with van der Waals surface area (Å²) in [5, 5.41) is 8.83. The van der Waals surface area contributed by atoms with Crippen LogP contribution in [-0.4, -0.2) is 23.3 Å². The van der Waals surface area contributed by atoms with Gasteiger partial charge in [-0.3, -0.25) is 0 Å². The largest absolute Gasteiger partial charge is 0.478 e. The van der Waals surface area contributed by atoms with Crippen LogP contribution in [0.4, 0.5) is 0 Å². The van der Waals surface area contributed by atoms with Gasteiger partial charge in [-0.2, -0.15) is 0 Å². The van der Waals surface area contributed by atoms with Crippen LogP contribution >= 0.6 is 8.46 Å². The molecule has 1 rings (SSSR count). The first-order chi connectivity index (χ1) is 9.19. The summed E-state index contributed by atoms with van der Waals surface area (Å²) in [4.78, 5) is 10.8. The number of carboxylic acid groups (broad SMARTS) is 1. The SMILES string of the molecule is CCOC(CCCC([PH+]=O)C(=O)O)c1ccccc1. The first kappa shape index (κ1) is 15.8. The van der Waals surface area contributed by atoms with Crippen molar-refractivity contribution in [2.24, 2.45) is 0 Å². The van der Waals surface area contributed by atoms with E-state index in [0.29, 0.717) is 19.4 Å². The molecule has 0 radical (unpaired) electrons. The van der Waals surface area contributed by atoms with Crippen LogP contribution < -0.4 is 0 Å². The maximum atomic E-state index is 10.8. The summed E-state index contributed by atoms with van der Waals surface area (Å²) in [6.45, 7) is 2.56. The zero-order valence-electron chi connectivity index (χ0n) is 11.0. The van der Waals surface area contributed by atoms with E-state index in [4.69, 9.17) is 9.84 Å². The van der Waals surface area contributed by atoms with Gasteiger partial charge in [-0.05, 0) is 25.3 Å². The quantitative estimate of drug-likeness (QED) is 0.705. The molecule has 0 aromatic heterocycles. The summed E-state index contributed by atoms with van der Waals surface area (Å²) in [7, 11) is -0.790. The standard InChI is InChI=1S/C14H19O4P/c1-2-18-12(11-7-4-3-5-8-11)9-6-10-13(19-17)14(15)16/h3-5,7-8,12-13H,2,6,9-10H2,1H3,(H,15,16)/p+1. The molecule has 0 spiro atoms. The highest BCUT2D eigenvalue weighted by Gasteiger charge is 2.25. The van der Waals surface area contributed by atoms with Gasteiger partial charge in [0.05, 0.1) is 6.10 Å². The molecular formula is C14H20O4P+. The minimum Gasteiger partial charge on any atom is -0.478 e. The number of aliphatic carboxylic acids is 1. The maximum absolute atomic E-state index is 10.8. The third-order valence-corrected chi connectivity index (χ3v) is 3.76. The van der Waals surface area contributed by atoms with E-state index in [-0.39, 0.29) is 6.10 Å². The van der Waals surface area contributed by atoms with E-state index in [9.17, 15) is 9.36 Å². The molecule has 104 valence electrons. The molecule has 0 aliphatic heterocycles. The number of hydrogen-bond donors (Lipinski definition) is 1. The molecule has 3 unspecified atom stereocenters. The van der Waals surface area contributed by atoms with Crippen LogP contribution in [-0.2, 0) is 14.1 Å². The van der Waals surface area contributed by atoms with Crippen LogP contribution in [0, 0.1) is 0 Å². The molecular weight excluding hydrogens is 263 g/mol. The molecule has 1 aromatic carbocycles. The summed E-state index contributed by atoms with van der Waals surface area (Å²) in [5.41, 5.74) is 0.346. The van der Waals surface area contributed by atoms with Gasteiger partial charge in [0, 0.05) is 13.0 Å². The molecule has 0 heterocycles. The molecule has 0 saturated heterocycles. The highest BCUT2D eigenvalue weighted by atomic mass is 31.1. The molecule has 3 atom stereocenters. The van der Waals surface area contributed by atoms with E-state index in [1.54, 1.807) is 0 Å². The van der Waals surface area contributed by atoms with Crippen molar-refractivity contribution < 1.29 is 19.2 Å². The first-order valence-electron chi connectivity index (χ1n) is 6.46. The number of carbonyl (C=O) groups is 1. The van der Waals surface area contributed by atoms with E-state index in [1.165, 1.54) is 0 Å². The Kier molecular flexibility index (Phi) is 7.31. The van der Waals surface area contributed by atoms with Gasteiger partial charge in [0.1, 0.15) is 0 Å². The van der Waals surface area contributed by atoms with Crippen molar-refractivity contribution >= 4 is 14.4 Å². The molecule has 1 N–H and O–H groups in total. The van der Waals surface area contributed by atoms with Gasteiger partial charge in [0.2, 0.25) is 5.66 Å². The molecule has 0 aliphatic carbocycles. The van der Waals surface area contributed by atoms with E-state index in [2.05, 4.69) is 0 Å². The topological polar surface area (TPSA) is 63.6 Å². The minimum atomic E-state index is -0.985. The highest BCUT2D eigenvalue weighted by Crippen LogP contribution is 2.25. The third-order valence-electron chi connectivity index (χ3n) is 2.94. The summed E-state index contributed by atoms with van der Waals surface area (Å²) < 4.78 is 16.4. The highest BCUT2D eigenvalue weighted by molar-refractivity contribution is 7.26. The number of carboxylic acids is 1. The lowest BCUT2D eigenvalue weighted by atomic mass is 10.0. The Balaban J connectivity index is 2.51. The fraction of sp³-hybridized carbons (Fsp3) is 0.500. The average molecular weight is 283 g/mol. The number of rotatable bonds is 9. The van der Waals surface area contributed by atoms with E-state index in [1.807, 2.05) is 37.3 Å². The molecule has 4 nitrogen and oxygen atoms in total. The van der Waals surface area contributed by atoms with Crippen molar-refractivity contribution in [3.63, 3.8) is 0 Å². The molecule has 0 bridgehead atoms. The Morgan fingerprint density at radius 3 is 2.53 bits per heavy atom. The third kappa shape index (κ3) is 5.50. The lowest BCUT2D eigenvalue weighted by molar-refractivity contribution is -0.136. The smallest absolute Gasteiger partial charge is 0.355 e. The van der Waals surface area contributed by atoms with Gasteiger partial charge in [-0.1, -0.05) is 34.9 Å². The summed E-state index contributed by atoms with van der Waals surface area (Å²) >= 11 is 0. The zero-order chi connectivity index (χ0) is 14.1. The van der Waals surface area contributed by atoms with Gasteiger partial charge in [0.15, 0.2) is 0 Å². The van der Waals surface area contributed by atoms with Crippen LogP contribution in [0.2, 0.25) is 0 Å². The summed E-state index contributed by atoms with van der Waals surface area (Å²) in [6, 6.07) is 9.88. The van der Waals surface area contributed by atoms with E-state index < -0.39 is 20.1 Å². The first-order valence-corrected chi connectivity index (χ1v) is 7.44. The lowest BCUT2D eigenvalue weighted by Gasteiger charge is -2.17. The number of hydrogen-bond acceptors (Lipinski definition) is 3. The Bertz CT molecular complexity index is 394. The Labute approximate surface area is 115 Å². The molecule has 1 aromatic rings. The monoisotopic (exact) mass is 283 g/mol. The fourth-order valence-electron chi connectivity index (χ4n) is 1.96. The van der Waals surface area contributed by atoms with Gasteiger partial charge >= 0.3 is 14.4 Å². The number of benzene rings is 1. The summed E-state index contributed by atoms with van der Waals surface area (Å²) in [5.74, 6) is -0.985. The Morgan fingerprint density at radius 1 is 1.32 bits per heavy atom. The van der Waals surface area contributed by atoms with E-state index >= 15 is 0 Å². The normalized spacial score (nSPS) is 14.2. The van der Waals surface area contributed by atoms with Crippen molar-refractivity contribution in [2.45, 2.75) is 37.9 Å². The van der Waals surface area contributed by atoms with Crippen molar-refractivity contribution in [2.75, 3.05) is 6.61 Å². The van der Waals surface area contributed by atoms with Gasteiger partial charge in [-0.25, -0.2) is 4.79 Å². The summed E-state index contributed by atoms with van der Waals surface area (Å²) in [6.07, 6.45) is 1.83. The molecule has 5 heteroatoms. The molecule has 0 fully saturated rings. The maximum Gasteiger partial charge on any atom is 0.355 e. The fourth-order valence-corrected chi connectivity index (χ4v) is 2.38. The lowest BCUT2D eigenvalue weighted by Crippen LogP contribution is -2.14. The second kappa shape index (κ2) is 8.78. The average Bonchev–Trinajstić information content (AvgIpc) is 2.43. The number of ether oxygens (including phenoxy) is 1. The predicted molar refractivity (Wildman–Crippen MR) is 75.1 cm³/mol. The second-order valence-corrected chi connectivity index (χ2v) is 5.23. The van der Waals surface area contributed by atoms with Gasteiger partial charge < -0.3 is 9.84 Å². The van der Waals surface area contributed by atoms with Crippen LogP contribution in [0.15, 0.2) is 30.3 Å². The minimum absolute atomic E-state index is 0.0179. The van der Waals surface area contributed by atoms with Crippen molar-refractivity contribution in [3.05, 3.63) is 35.9 Å². The van der Waals surface area contributed by atoms with Crippen LogP contribution in [0.1, 0.15) is 37.9 Å². The molecule has 0 amide bonds. The predicted octanol–water partition coefficient (Wildman–Crippen LogP) is 3.41. The van der Waals surface area contributed by atoms with Crippen molar-refractivity contribution in [1.29, 1.82) is 0 Å². The van der Waals surface area contributed by atoms with Crippen molar-refractivity contribution in [1.82, 2.24) is 0 Å².